The summed E-state index contributed by atoms with van der Waals surface area (Å²) in [6, 6.07) is 10.1. The summed E-state index contributed by atoms with van der Waals surface area (Å²) in [7, 11) is 1.64. The van der Waals surface area contributed by atoms with Crippen molar-refractivity contribution in [2.24, 2.45) is 0 Å². The molecule has 2 nitrogen and oxygen atoms in total. The predicted molar refractivity (Wildman–Crippen MR) is 86.4 cm³/mol. The van der Waals surface area contributed by atoms with Crippen LogP contribution in [-0.4, -0.2) is 12.9 Å². The van der Waals surface area contributed by atoms with Crippen molar-refractivity contribution in [3.63, 3.8) is 0 Å². The smallest absolute Gasteiger partial charge is 0.167 e. The summed E-state index contributed by atoms with van der Waals surface area (Å²) >= 11 is 0. The second kappa shape index (κ2) is 6.13. The van der Waals surface area contributed by atoms with Crippen LogP contribution >= 0.6 is 0 Å². The molecule has 0 N–H and O–H groups in total. The Morgan fingerprint density at radius 2 is 1.57 bits per heavy atom. The average molecular weight is 282 g/mol. The molecule has 0 atom stereocenters. The van der Waals surface area contributed by atoms with E-state index in [4.69, 9.17) is 4.74 Å². The monoisotopic (exact) mass is 282 g/mol. The Morgan fingerprint density at radius 3 is 2.14 bits per heavy atom. The average Bonchev–Trinajstić information content (AvgIpc) is 2.37. The predicted octanol–water partition coefficient (Wildman–Crippen LogP) is 4.35. The van der Waals surface area contributed by atoms with E-state index in [1.807, 2.05) is 39.0 Å². The van der Waals surface area contributed by atoms with Crippen LogP contribution in [0.2, 0.25) is 0 Å². The van der Waals surface area contributed by atoms with Gasteiger partial charge in [0.25, 0.3) is 0 Å². The highest BCUT2D eigenvalue weighted by Gasteiger charge is 2.15. The first-order valence-electron chi connectivity index (χ1n) is 7.17. The lowest BCUT2D eigenvalue weighted by Crippen LogP contribution is -2.09. The summed E-state index contributed by atoms with van der Waals surface area (Å²) < 4.78 is 5.36. The summed E-state index contributed by atoms with van der Waals surface area (Å²) in [5, 5.41) is 0. The minimum atomic E-state index is 0.147. The van der Waals surface area contributed by atoms with Crippen LogP contribution in [-0.2, 0) is 6.42 Å². The summed E-state index contributed by atoms with van der Waals surface area (Å²) in [6.07, 6.45) is 0.371. The third kappa shape index (κ3) is 3.33. The SMILES string of the molecule is COc1ccc(C)cc1CC(=O)c1c(C)cc(C)cc1C. The van der Waals surface area contributed by atoms with Crippen molar-refractivity contribution in [2.45, 2.75) is 34.1 Å². The van der Waals surface area contributed by atoms with Gasteiger partial charge in [-0.3, -0.25) is 4.79 Å². The molecule has 110 valence electrons. The van der Waals surface area contributed by atoms with Crippen molar-refractivity contribution < 1.29 is 9.53 Å². The van der Waals surface area contributed by atoms with Crippen LogP contribution in [0.4, 0.5) is 0 Å². The Labute approximate surface area is 126 Å². The number of ketones is 1. The van der Waals surface area contributed by atoms with E-state index < -0.39 is 0 Å². The number of aryl methyl sites for hydroxylation is 4. The second-order valence-corrected chi connectivity index (χ2v) is 5.69. The van der Waals surface area contributed by atoms with Gasteiger partial charge in [-0.05, 0) is 44.9 Å². The van der Waals surface area contributed by atoms with E-state index in [1.165, 1.54) is 5.56 Å². The summed E-state index contributed by atoms with van der Waals surface area (Å²) in [5.74, 6) is 0.922. The van der Waals surface area contributed by atoms with Crippen molar-refractivity contribution in [1.82, 2.24) is 0 Å². The highest BCUT2D eigenvalue weighted by Crippen LogP contribution is 2.24. The largest absolute Gasteiger partial charge is 0.496 e. The number of Topliss-reactive ketones (excluding diaryl/α,β-unsaturated/α-hetero) is 1. The van der Waals surface area contributed by atoms with Crippen molar-refractivity contribution >= 4 is 5.78 Å². The third-order valence-corrected chi connectivity index (χ3v) is 3.74. The fourth-order valence-corrected chi connectivity index (χ4v) is 2.93. The lowest BCUT2D eigenvalue weighted by molar-refractivity contribution is 0.0991. The van der Waals surface area contributed by atoms with Crippen LogP contribution in [0, 0.1) is 27.7 Å². The third-order valence-electron chi connectivity index (χ3n) is 3.74. The van der Waals surface area contributed by atoms with Crippen molar-refractivity contribution in [3.05, 3.63) is 63.7 Å². The number of carbonyl (C=O) groups excluding carboxylic acids is 1. The van der Waals surface area contributed by atoms with Gasteiger partial charge in [0, 0.05) is 17.5 Å². The Bertz CT molecular complexity index is 661. The van der Waals surface area contributed by atoms with E-state index >= 15 is 0 Å². The molecule has 2 aromatic carbocycles. The molecule has 0 spiro atoms. The molecule has 0 heterocycles. The number of ether oxygens (including phenoxy) is 1. The van der Waals surface area contributed by atoms with Crippen LogP contribution < -0.4 is 4.74 Å². The highest BCUT2D eigenvalue weighted by atomic mass is 16.5. The molecule has 0 bridgehead atoms. The van der Waals surface area contributed by atoms with E-state index in [2.05, 4.69) is 19.1 Å². The van der Waals surface area contributed by atoms with E-state index in [-0.39, 0.29) is 5.78 Å². The maximum atomic E-state index is 12.7. The van der Waals surface area contributed by atoms with E-state index in [9.17, 15) is 4.79 Å². The van der Waals surface area contributed by atoms with Crippen LogP contribution in [0.3, 0.4) is 0 Å². The molecule has 2 rings (SSSR count). The fraction of sp³-hybridized carbons (Fsp3) is 0.316. The summed E-state index contributed by atoms with van der Waals surface area (Å²) in [4.78, 5) is 12.7. The van der Waals surface area contributed by atoms with Gasteiger partial charge in [0.15, 0.2) is 5.78 Å². The van der Waals surface area contributed by atoms with Gasteiger partial charge in [0.05, 0.1) is 7.11 Å². The zero-order chi connectivity index (χ0) is 15.6. The summed E-state index contributed by atoms with van der Waals surface area (Å²) in [5.41, 5.74) is 6.20. The molecule has 0 aliphatic heterocycles. The van der Waals surface area contributed by atoms with E-state index in [0.717, 1.165) is 33.6 Å². The van der Waals surface area contributed by atoms with Gasteiger partial charge in [-0.15, -0.1) is 0 Å². The van der Waals surface area contributed by atoms with Crippen molar-refractivity contribution in [2.75, 3.05) is 7.11 Å². The van der Waals surface area contributed by atoms with Crippen molar-refractivity contribution in [3.8, 4) is 5.75 Å². The van der Waals surface area contributed by atoms with Gasteiger partial charge in [0.2, 0.25) is 0 Å². The molecule has 0 saturated heterocycles. The number of benzene rings is 2. The van der Waals surface area contributed by atoms with Gasteiger partial charge in [-0.2, -0.15) is 0 Å². The number of methoxy groups -OCH3 is 1. The molecule has 0 fully saturated rings. The molecule has 0 aliphatic carbocycles. The quantitative estimate of drug-likeness (QED) is 0.779. The lowest BCUT2D eigenvalue weighted by Gasteiger charge is -2.12. The van der Waals surface area contributed by atoms with Crippen molar-refractivity contribution in [1.29, 1.82) is 0 Å². The molecular weight excluding hydrogens is 260 g/mol. The maximum Gasteiger partial charge on any atom is 0.167 e. The van der Waals surface area contributed by atoms with Crippen LogP contribution in [0.15, 0.2) is 30.3 Å². The first kappa shape index (κ1) is 15.3. The zero-order valence-corrected chi connectivity index (χ0v) is 13.4. The molecule has 0 radical (unpaired) electrons. The zero-order valence-electron chi connectivity index (χ0n) is 13.4. The molecule has 21 heavy (non-hydrogen) atoms. The number of hydrogen-bond donors (Lipinski definition) is 0. The standard InChI is InChI=1S/C19H22O2/c1-12-6-7-18(21-5)16(10-12)11-17(20)19-14(3)8-13(2)9-15(19)4/h6-10H,11H2,1-5H3. The van der Waals surface area contributed by atoms with E-state index in [0.29, 0.717) is 6.42 Å². The number of rotatable bonds is 4. The fourth-order valence-electron chi connectivity index (χ4n) is 2.93. The molecule has 0 unspecified atom stereocenters. The first-order chi connectivity index (χ1) is 9.92. The van der Waals surface area contributed by atoms with E-state index in [1.54, 1.807) is 7.11 Å². The molecule has 0 amide bonds. The van der Waals surface area contributed by atoms with Gasteiger partial charge in [-0.1, -0.05) is 35.4 Å². The normalized spacial score (nSPS) is 10.5. The molecule has 0 saturated carbocycles. The minimum Gasteiger partial charge on any atom is -0.496 e. The highest BCUT2D eigenvalue weighted by molar-refractivity contribution is 6.00. The first-order valence-corrected chi connectivity index (χ1v) is 7.17. The van der Waals surface area contributed by atoms with Gasteiger partial charge >= 0.3 is 0 Å². The minimum absolute atomic E-state index is 0.147. The molecule has 2 heteroatoms. The molecular formula is C19H22O2. The number of carbonyl (C=O) groups is 1. The maximum absolute atomic E-state index is 12.7. The lowest BCUT2D eigenvalue weighted by atomic mass is 9.93. The molecule has 2 aromatic rings. The Kier molecular flexibility index (Phi) is 4.46. The van der Waals surface area contributed by atoms with Gasteiger partial charge < -0.3 is 4.74 Å². The Balaban J connectivity index is 2.37. The second-order valence-electron chi connectivity index (χ2n) is 5.69. The molecule has 0 aliphatic rings. The number of hydrogen-bond acceptors (Lipinski definition) is 2. The van der Waals surface area contributed by atoms with Crippen LogP contribution in [0.5, 0.6) is 5.75 Å². The topological polar surface area (TPSA) is 26.3 Å². The summed E-state index contributed by atoms with van der Waals surface area (Å²) in [6.45, 7) is 8.08. The van der Waals surface area contributed by atoms with Crippen LogP contribution in [0.1, 0.15) is 38.2 Å². The van der Waals surface area contributed by atoms with Gasteiger partial charge in [0.1, 0.15) is 5.75 Å². The van der Waals surface area contributed by atoms with Crippen LogP contribution in [0.25, 0.3) is 0 Å². The Morgan fingerprint density at radius 1 is 0.952 bits per heavy atom. The Hall–Kier alpha value is -2.09. The molecule has 0 aromatic heterocycles. The van der Waals surface area contributed by atoms with Gasteiger partial charge in [-0.25, -0.2) is 0 Å².